The van der Waals surface area contributed by atoms with Crippen LogP contribution < -0.4 is 5.56 Å². The van der Waals surface area contributed by atoms with Crippen LogP contribution in [-0.4, -0.2) is 15.0 Å². The first-order valence-corrected chi connectivity index (χ1v) is 6.37. The summed E-state index contributed by atoms with van der Waals surface area (Å²) in [5, 5.41) is 1.01. The van der Waals surface area contributed by atoms with Crippen molar-refractivity contribution in [1.29, 1.82) is 0 Å². The summed E-state index contributed by atoms with van der Waals surface area (Å²) < 4.78 is 0. The standard InChI is InChI=1S/C16H11N3O/c20-16-11(8-10-4-1-2-5-12(10)19-16)14-9-15-13(18-14)6-3-7-17-15/h1-9,18H,(H,19,20). The zero-order chi connectivity index (χ0) is 13.5. The Morgan fingerprint density at radius 3 is 2.65 bits per heavy atom. The molecular weight excluding hydrogens is 250 g/mol. The Labute approximate surface area is 114 Å². The smallest absolute Gasteiger partial charge is 0.257 e. The van der Waals surface area contributed by atoms with Gasteiger partial charge in [0.15, 0.2) is 0 Å². The molecule has 0 aliphatic carbocycles. The molecule has 0 amide bonds. The Morgan fingerprint density at radius 1 is 0.900 bits per heavy atom. The number of rotatable bonds is 1. The molecule has 96 valence electrons. The molecule has 0 radical (unpaired) electrons. The monoisotopic (exact) mass is 261 g/mol. The summed E-state index contributed by atoms with van der Waals surface area (Å²) >= 11 is 0. The van der Waals surface area contributed by atoms with Crippen molar-refractivity contribution >= 4 is 21.9 Å². The molecule has 4 heteroatoms. The lowest BCUT2D eigenvalue weighted by atomic mass is 10.1. The topological polar surface area (TPSA) is 61.5 Å². The number of nitrogens with one attached hydrogen (secondary N) is 2. The van der Waals surface area contributed by atoms with Gasteiger partial charge in [-0.25, -0.2) is 0 Å². The molecule has 0 saturated heterocycles. The lowest BCUT2D eigenvalue weighted by Gasteiger charge is -2.01. The van der Waals surface area contributed by atoms with Crippen molar-refractivity contribution in [1.82, 2.24) is 15.0 Å². The molecule has 0 unspecified atom stereocenters. The Morgan fingerprint density at radius 2 is 1.75 bits per heavy atom. The lowest BCUT2D eigenvalue weighted by Crippen LogP contribution is -2.08. The van der Waals surface area contributed by atoms with Gasteiger partial charge in [0.1, 0.15) is 0 Å². The molecule has 20 heavy (non-hydrogen) atoms. The predicted molar refractivity (Wildman–Crippen MR) is 79.7 cm³/mol. The molecule has 0 aliphatic heterocycles. The molecule has 3 heterocycles. The summed E-state index contributed by atoms with van der Waals surface area (Å²) in [6.07, 6.45) is 1.74. The first-order valence-electron chi connectivity index (χ1n) is 6.37. The summed E-state index contributed by atoms with van der Waals surface area (Å²) in [6.45, 7) is 0. The number of hydrogen-bond donors (Lipinski definition) is 2. The third-order valence-corrected chi connectivity index (χ3v) is 3.43. The van der Waals surface area contributed by atoms with Crippen LogP contribution in [0.25, 0.3) is 33.2 Å². The van der Waals surface area contributed by atoms with E-state index in [1.54, 1.807) is 6.20 Å². The minimum atomic E-state index is -0.102. The summed E-state index contributed by atoms with van der Waals surface area (Å²) in [6, 6.07) is 15.4. The maximum atomic E-state index is 12.2. The molecule has 4 nitrogen and oxygen atoms in total. The van der Waals surface area contributed by atoms with E-state index in [1.165, 1.54) is 0 Å². The fourth-order valence-corrected chi connectivity index (χ4v) is 2.45. The van der Waals surface area contributed by atoms with Crippen LogP contribution in [0.2, 0.25) is 0 Å². The Kier molecular flexibility index (Phi) is 2.23. The molecule has 0 spiro atoms. The number of benzene rings is 1. The first kappa shape index (κ1) is 11.0. The highest BCUT2D eigenvalue weighted by Crippen LogP contribution is 2.22. The Bertz CT molecular complexity index is 949. The Hall–Kier alpha value is -2.88. The summed E-state index contributed by atoms with van der Waals surface area (Å²) in [4.78, 5) is 22.6. The molecule has 0 bridgehead atoms. The molecule has 0 atom stereocenters. The van der Waals surface area contributed by atoms with Crippen LogP contribution in [0.1, 0.15) is 0 Å². The number of aromatic amines is 2. The fourth-order valence-electron chi connectivity index (χ4n) is 2.45. The average Bonchev–Trinajstić information content (AvgIpc) is 2.90. The molecule has 0 aliphatic rings. The predicted octanol–water partition coefficient (Wildman–Crippen LogP) is 3.07. The first-order chi connectivity index (χ1) is 9.81. The number of pyridine rings is 2. The van der Waals surface area contributed by atoms with E-state index in [0.717, 1.165) is 27.6 Å². The minimum absolute atomic E-state index is 0.102. The number of nitrogens with zero attached hydrogens (tertiary/aromatic N) is 1. The molecule has 3 aromatic heterocycles. The maximum Gasteiger partial charge on any atom is 0.257 e. The average molecular weight is 261 g/mol. The number of para-hydroxylation sites is 1. The van der Waals surface area contributed by atoms with E-state index in [0.29, 0.717) is 5.56 Å². The molecule has 2 N–H and O–H groups in total. The van der Waals surface area contributed by atoms with E-state index in [9.17, 15) is 4.79 Å². The van der Waals surface area contributed by atoms with E-state index in [4.69, 9.17) is 0 Å². The van der Waals surface area contributed by atoms with Gasteiger partial charge < -0.3 is 9.97 Å². The molecule has 1 aromatic carbocycles. The van der Waals surface area contributed by atoms with Crippen LogP contribution in [0.4, 0.5) is 0 Å². The highest BCUT2D eigenvalue weighted by Gasteiger charge is 2.08. The van der Waals surface area contributed by atoms with Crippen LogP contribution in [0, 0.1) is 0 Å². The van der Waals surface area contributed by atoms with Crippen molar-refractivity contribution in [3.05, 3.63) is 65.1 Å². The van der Waals surface area contributed by atoms with E-state index in [1.807, 2.05) is 48.5 Å². The summed E-state index contributed by atoms with van der Waals surface area (Å²) in [7, 11) is 0. The van der Waals surface area contributed by atoms with Crippen molar-refractivity contribution in [2.75, 3.05) is 0 Å². The van der Waals surface area contributed by atoms with Crippen molar-refractivity contribution in [2.45, 2.75) is 0 Å². The van der Waals surface area contributed by atoms with Crippen molar-refractivity contribution < 1.29 is 0 Å². The van der Waals surface area contributed by atoms with Gasteiger partial charge in [-0.2, -0.15) is 0 Å². The van der Waals surface area contributed by atoms with Gasteiger partial charge in [-0.1, -0.05) is 18.2 Å². The van der Waals surface area contributed by atoms with Crippen LogP contribution >= 0.6 is 0 Å². The van der Waals surface area contributed by atoms with E-state index >= 15 is 0 Å². The number of aromatic nitrogens is 3. The van der Waals surface area contributed by atoms with E-state index < -0.39 is 0 Å². The van der Waals surface area contributed by atoms with Crippen molar-refractivity contribution in [3.63, 3.8) is 0 Å². The SMILES string of the molecule is O=c1[nH]c2ccccc2cc1-c1cc2ncccc2[nH]1. The van der Waals surface area contributed by atoms with Gasteiger partial charge in [0.05, 0.1) is 22.3 Å². The second-order valence-electron chi connectivity index (χ2n) is 4.72. The van der Waals surface area contributed by atoms with Gasteiger partial charge in [0.25, 0.3) is 5.56 Å². The summed E-state index contributed by atoms with van der Waals surface area (Å²) in [5.41, 5.74) is 3.93. The molecule has 4 aromatic rings. The second-order valence-corrected chi connectivity index (χ2v) is 4.72. The second kappa shape index (κ2) is 4.06. The third kappa shape index (κ3) is 1.62. The number of hydrogen-bond acceptors (Lipinski definition) is 2. The normalized spacial score (nSPS) is 11.2. The molecule has 4 rings (SSSR count). The van der Waals surface area contributed by atoms with Gasteiger partial charge in [0.2, 0.25) is 0 Å². The van der Waals surface area contributed by atoms with Crippen LogP contribution in [0.15, 0.2) is 59.5 Å². The highest BCUT2D eigenvalue weighted by atomic mass is 16.1. The number of fused-ring (bicyclic) bond motifs is 2. The number of H-pyrrole nitrogens is 2. The van der Waals surface area contributed by atoms with Gasteiger partial charge in [-0.15, -0.1) is 0 Å². The Balaban J connectivity index is 2.01. The lowest BCUT2D eigenvalue weighted by molar-refractivity contribution is 1.29. The van der Waals surface area contributed by atoms with E-state index in [-0.39, 0.29) is 5.56 Å². The maximum absolute atomic E-state index is 12.2. The van der Waals surface area contributed by atoms with Gasteiger partial charge >= 0.3 is 0 Å². The largest absolute Gasteiger partial charge is 0.353 e. The third-order valence-electron chi connectivity index (χ3n) is 3.43. The van der Waals surface area contributed by atoms with E-state index in [2.05, 4.69) is 15.0 Å². The highest BCUT2D eigenvalue weighted by molar-refractivity contribution is 5.86. The molecule has 0 saturated carbocycles. The zero-order valence-corrected chi connectivity index (χ0v) is 10.6. The van der Waals surface area contributed by atoms with Crippen molar-refractivity contribution in [2.24, 2.45) is 0 Å². The van der Waals surface area contributed by atoms with Gasteiger partial charge in [-0.05, 0) is 35.7 Å². The zero-order valence-electron chi connectivity index (χ0n) is 10.6. The van der Waals surface area contributed by atoms with Crippen molar-refractivity contribution in [3.8, 4) is 11.3 Å². The molecule has 0 fully saturated rings. The van der Waals surface area contributed by atoms with Crippen LogP contribution in [0.3, 0.4) is 0 Å². The quantitative estimate of drug-likeness (QED) is 0.553. The summed E-state index contributed by atoms with van der Waals surface area (Å²) in [5.74, 6) is 0. The van der Waals surface area contributed by atoms with Gasteiger partial charge in [-0.3, -0.25) is 9.78 Å². The van der Waals surface area contributed by atoms with Gasteiger partial charge in [0, 0.05) is 11.7 Å². The van der Waals surface area contributed by atoms with Crippen LogP contribution in [-0.2, 0) is 0 Å². The minimum Gasteiger partial charge on any atom is -0.353 e. The molecular formula is C16H11N3O. The van der Waals surface area contributed by atoms with Crippen LogP contribution in [0.5, 0.6) is 0 Å². The fraction of sp³-hybridized carbons (Fsp3) is 0.